The highest BCUT2D eigenvalue weighted by atomic mass is 35.5. The van der Waals surface area contributed by atoms with Crippen LogP contribution in [0.3, 0.4) is 0 Å². The van der Waals surface area contributed by atoms with Crippen molar-refractivity contribution in [3.05, 3.63) is 41.5 Å². The summed E-state index contributed by atoms with van der Waals surface area (Å²) in [5, 5.41) is 3.93. The summed E-state index contributed by atoms with van der Waals surface area (Å²) < 4.78 is 17.6. The fourth-order valence-electron chi connectivity index (χ4n) is 1.10. The predicted octanol–water partition coefficient (Wildman–Crippen LogP) is 3.17. The summed E-state index contributed by atoms with van der Waals surface area (Å²) in [6.45, 7) is 3.49. The summed E-state index contributed by atoms with van der Waals surface area (Å²) in [4.78, 5) is 3.99. The van der Waals surface area contributed by atoms with Gasteiger partial charge in [-0.3, -0.25) is 0 Å². The molecule has 76 valence electrons. The molecule has 0 atom stereocenters. The molecule has 0 saturated carbocycles. The summed E-state index contributed by atoms with van der Waals surface area (Å²) >= 11 is 5.83. The van der Waals surface area contributed by atoms with Crippen LogP contribution in [0.1, 0.15) is 5.89 Å². The van der Waals surface area contributed by atoms with Gasteiger partial charge in [-0.15, -0.1) is 0 Å². The van der Waals surface area contributed by atoms with Crippen LogP contribution in [0.25, 0.3) is 17.5 Å². The molecule has 0 saturated heterocycles. The van der Waals surface area contributed by atoms with E-state index in [9.17, 15) is 4.39 Å². The molecule has 2 rings (SSSR count). The molecule has 1 aromatic carbocycles. The first-order valence-electron chi connectivity index (χ1n) is 4.12. The zero-order chi connectivity index (χ0) is 10.8. The molecular weight excluding hydrogens is 219 g/mol. The molecule has 5 heteroatoms. The monoisotopic (exact) mass is 224 g/mol. The molecule has 1 heterocycles. The first-order valence-corrected chi connectivity index (χ1v) is 4.50. The quantitative estimate of drug-likeness (QED) is 0.787. The Hall–Kier alpha value is -1.68. The van der Waals surface area contributed by atoms with E-state index in [2.05, 4.69) is 16.7 Å². The van der Waals surface area contributed by atoms with Gasteiger partial charge in [0.05, 0.1) is 5.02 Å². The molecule has 0 aliphatic heterocycles. The molecule has 0 aliphatic carbocycles. The number of aromatic nitrogens is 2. The number of rotatable bonds is 2. The van der Waals surface area contributed by atoms with Crippen LogP contribution >= 0.6 is 11.6 Å². The second-order valence-electron chi connectivity index (χ2n) is 2.78. The Morgan fingerprint density at radius 1 is 1.47 bits per heavy atom. The Morgan fingerprint density at radius 3 is 2.87 bits per heavy atom. The summed E-state index contributed by atoms with van der Waals surface area (Å²) in [7, 11) is 0. The van der Waals surface area contributed by atoms with Crippen molar-refractivity contribution in [3.63, 3.8) is 0 Å². The number of benzene rings is 1. The van der Waals surface area contributed by atoms with Crippen molar-refractivity contribution in [2.45, 2.75) is 0 Å². The van der Waals surface area contributed by atoms with E-state index < -0.39 is 5.82 Å². The molecule has 15 heavy (non-hydrogen) atoms. The van der Waals surface area contributed by atoms with Crippen molar-refractivity contribution in [1.82, 2.24) is 10.1 Å². The Labute approximate surface area is 90.2 Å². The zero-order valence-corrected chi connectivity index (χ0v) is 8.33. The standard InChI is InChI=1S/C10H6ClFN2O/c1-2-9-13-10(14-15-9)7-4-3-6(12)5-8(7)11/h2-5H,1H2. The molecular formula is C10H6ClFN2O. The first-order chi connectivity index (χ1) is 7.20. The lowest BCUT2D eigenvalue weighted by Crippen LogP contribution is -1.83. The molecule has 0 N–H and O–H groups in total. The number of hydrogen-bond acceptors (Lipinski definition) is 3. The lowest BCUT2D eigenvalue weighted by molar-refractivity contribution is 0.411. The van der Waals surface area contributed by atoms with E-state index >= 15 is 0 Å². The van der Waals surface area contributed by atoms with Crippen LogP contribution in [-0.2, 0) is 0 Å². The van der Waals surface area contributed by atoms with E-state index in [4.69, 9.17) is 16.1 Å². The van der Waals surface area contributed by atoms with E-state index in [1.165, 1.54) is 24.3 Å². The number of hydrogen-bond donors (Lipinski definition) is 0. The van der Waals surface area contributed by atoms with E-state index in [1.807, 2.05) is 0 Å². The predicted molar refractivity (Wildman–Crippen MR) is 54.8 cm³/mol. The van der Waals surface area contributed by atoms with E-state index in [1.54, 1.807) is 0 Å². The van der Waals surface area contributed by atoms with Gasteiger partial charge in [-0.05, 0) is 24.3 Å². The Kier molecular flexibility index (Phi) is 2.51. The normalized spacial score (nSPS) is 10.3. The lowest BCUT2D eigenvalue weighted by atomic mass is 10.2. The lowest BCUT2D eigenvalue weighted by Gasteiger charge is -1.97. The van der Waals surface area contributed by atoms with Crippen molar-refractivity contribution in [2.24, 2.45) is 0 Å². The molecule has 0 bridgehead atoms. The van der Waals surface area contributed by atoms with Crippen molar-refractivity contribution in [1.29, 1.82) is 0 Å². The van der Waals surface area contributed by atoms with Gasteiger partial charge in [0.1, 0.15) is 5.82 Å². The fraction of sp³-hybridized carbons (Fsp3) is 0. The third kappa shape index (κ3) is 1.89. The minimum Gasteiger partial charge on any atom is -0.334 e. The number of nitrogens with zero attached hydrogens (tertiary/aromatic N) is 2. The minimum absolute atomic E-state index is 0.242. The maximum absolute atomic E-state index is 12.8. The van der Waals surface area contributed by atoms with Crippen molar-refractivity contribution in [3.8, 4) is 11.4 Å². The molecule has 0 unspecified atom stereocenters. The topological polar surface area (TPSA) is 38.9 Å². The Balaban J connectivity index is 2.49. The molecule has 0 radical (unpaired) electrons. The van der Waals surface area contributed by atoms with Gasteiger partial charge in [-0.2, -0.15) is 4.98 Å². The molecule has 0 amide bonds. The maximum atomic E-state index is 12.8. The van der Waals surface area contributed by atoms with Crippen LogP contribution in [0.15, 0.2) is 29.3 Å². The van der Waals surface area contributed by atoms with Crippen molar-refractivity contribution >= 4 is 17.7 Å². The summed E-state index contributed by atoms with van der Waals surface area (Å²) in [5.41, 5.74) is 0.523. The van der Waals surface area contributed by atoms with Gasteiger partial charge < -0.3 is 4.52 Å². The average Bonchev–Trinajstić information content (AvgIpc) is 2.66. The molecule has 1 aromatic heterocycles. The van der Waals surface area contributed by atoms with E-state index in [-0.39, 0.29) is 5.02 Å². The largest absolute Gasteiger partial charge is 0.334 e. The molecule has 0 aliphatic rings. The smallest absolute Gasteiger partial charge is 0.250 e. The third-order valence-corrected chi connectivity index (χ3v) is 2.10. The molecule has 2 aromatic rings. The summed E-state index contributed by atoms with van der Waals surface area (Å²) in [6.07, 6.45) is 1.42. The van der Waals surface area contributed by atoms with Gasteiger partial charge in [0.2, 0.25) is 11.7 Å². The highest BCUT2D eigenvalue weighted by molar-refractivity contribution is 6.33. The van der Waals surface area contributed by atoms with Crippen LogP contribution in [-0.4, -0.2) is 10.1 Å². The molecule has 0 spiro atoms. The van der Waals surface area contributed by atoms with Crippen LogP contribution < -0.4 is 0 Å². The highest BCUT2D eigenvalue weighted by Gasteiger charge is 2.10. The van der Waals surface area contributed by atoms with Gasteiger partial charge in [0.25, 0.3) is 0 Å². The second kappa shape index (κ2) is 3.82. The third-order valence-electron chi connectivity index (χ3n) is 1.79. The van der Waals surface area contributed by atoms with Gasteiger partial charge in [0.15, 0.2) is 0 Å². The molecule has 0 fully saturated rings. The molecule has 3 nitrogen and oxygen atoms in total. The summed E-state index contributed by atoms with van der Waals surface area (Å²) in [6, 6.07) is 3.97. The van der Waals surface area contributed by atoms with Gasteiger partial charge in [-0.25, -0.2) is 4.39 Å². The van der Waals surface area contributed by atoms with E-state index in [0.29, 0.717) is 17.3 Å². The summed E-state index contributed by atoms with van der Waals surface area (Å²) in [5.74, 6) is 0.205. The average molecular weight is 225 g/mol. The number of halogens is 2. The van der Waals surface area contributed by atoms with Crippen molar-refractivity contribution < 1.29 is 8.91 Å². The minimum atomic E-state index is -0.406. The zero-order valence-electron chi connectivity index (χ0n) is 7.58. The van der Waals surface area contributed by atoms with Gasteiger partial charge >= 0.3 is 0 Å². The van der Waals surface area contributed by atoms with Gasteiger partial charge in [-0.1, -0.05) is 23.3 Å². The van der Waals surface area contributed by atoms with Gasteiger partial charge in [0, 0.05) is 5.56 Å². The van der Waals surface area contributed by atoms with Crippen LogP contribution in [0.4, 0.5) is 4.39 Å². The Morgan fingerprint density at radius 2 is 2.27 bits per heavy atom. The Bertz CT molecular complexity index is 510. The van der Waals surface area contributed by atoms with Crippen LogP contribution in [0.2, 0.25) is 5.02 Å². The van der Waals surface area contributed by atoms with Crippen LogP contribution in [0, 0.1) is 5.82 Å². The highest BCUT2D eigenvalue weighted by Crippen LogP contribution is 2.26. The van der Waals surface area contributed by atoms with E-state index in [0.717, 1.165) is 0 Å². The van der Waals surface area contributed by atoms with Crippen molar-refractivity contribution in [2.75, 3.05) is 0 Å². The second-order valence-corrected chi connectivity index (χ2v) is 3.19. The first kappa shape index (κ1) is 9.86. The fourth-order valence-corrected chi connectivity index (χ4v) is 1.35. The van der Waals surface area contributed by atoms with Crippen LogP contribution in [0.5, 0.6) is 0 Å². The SMILES string of the molecule is C=Cc1nc(-c2ccc(F)cc2Cl)no1. The maximum Gasteiger partial charge on any atom is 0.250 e.